The number of nitro groups is 1. The normalized spacial score (nSPS) is 12.2. The summed E-state index contributed by atoms with van der Waals surface area (Å²) in [5.41, 5.74) is 0.342. The molecule has 0 amide bonds. The van der Waals surface area contributed by atoms with E-state index in [0.29, 0.717) is 15.1 Å². The molecule has 1 atom stereocenters. The number of nitrogens with zero attached hydrogens (tertiary/aromatic N) is 2. The lowest BCUT2D eigenvalue weighted by molar-refractivity contribution is -0.385. The van der Waals surface area contributed by atoms with E-state index in [9.17, 15) is 14.9 Å². The molecule has 8 heteroatoms. The predicted octanol–water partition coefficient (Wildman–Crippen LogP) is 2.63. The first kappa shape index (κ1) is 13.9. The Morgan fingerprint density at radius 2 is 2.29 bits per heavy atom. The Balaban J connectivity index is 3.09. The quantitative estimate of drug-likeness (QED) is 0.520. The maximum absolute atomic E-state index is 10.7. The van der Waals surface area contributed by atoms with Crippen LogP contribution in [-0.2, 0) is 4.79 Å². The van der Waals surface area contributed by atoms with Crippen molar-refractivity contribution in [3.63, 3.8) is 0 Å². The van der Waals surface area contributed by atoms with Gasteiger partial charge in [0.2, 0.25) is 0 Å². The Kier molecular flexibility index (Phi) is 4.47. The lowest BCUT2D eigenvalue weighted by atomic mass is 10.2. The summed E-state index contributed by atoms with van der Waals surface area (Å²) in [6.07, 6.45) is 1.14. The van der Waals surface area contributed by atoms with E-state index in [-0.39, 0.29) is 5.69 Å². The van der Waals surface area contributed by atoms with Crippen LogP contribution in [-0.4, -0.2) is 26.2 Å². The Morgan fingerprint density at radius 1 is 1.71 bits per heavy atom. The van der Waals surface area contributed by atoms with Crippen molar-refractivity contribution in [2.75, 3.05) is 0 Å². The van der Waals surface area contributed by atoms with Gasteiger partial charge in [0, 0.05) is 5.56 Å². The van der Waals surface area contributed by atoms with E-state index in [1.54, 1.807) is 6.92 Å². The number of aromatic nitrogens is 1. The second-order valence-electron chi connectivity index (χ2n) is 3.24. The van der Waals surface area contributed by atoms with Crippen LogP contribution in [0.25, 0.3) is 0 Å². The first-order chi connectivity index (χ1) is 7.84. The average molecular weight is 321 g/mol. The van der Waals surface area contributed by atoms with Crippen molar-refractivity contribution >= 4 is 39.3 Å². The molecule has 0 saturated carbocycles. The summed E-state index contributed by atoms with van der Waals surface area (Å²) in [5.74, 6) is -0.959. The standard InChI is InChI=1S/C9H9BrN2O4S/c1-4-6(12(15)16)3-11-8(7(4)10)17-5(2)9(13)14/h3,5H,1-2H3,(H,13,14). The molecule has 1 heterocycles. The van der Waals surface area contributed by atoms with Crippen LogP contribution in [0, 0.1) is 17.0 Å². The molecule has 0 saturated heterocycles. The van der Waals surface area contributed by atoms with Crippen molar-refractivity contribution in [1.82, 2.24) is 4.98 Å². The maximum Gasteiger partial charge on any atom is 0.316 e. The highest BCUT2D eigenvalue weighted by Crippen LogP contribution is 2.34. The smallest absolute Gasteiger partial charge is 0.316 e. The van der Waals surface area contributed by atoms with Gasteiger partial charge in [-0.25, -0.2) is 4.98 Å². The van der Waals surface area contributed by atoms with Crippen LogP contribution in [0.1, 0.15) is 12.5 Å². The molecule has 0 aliphatic heterocycles. The number of aliphatic carboxylic acids is 1. The molecule has 1 aromatic heterocycles. The molecule has 17 heavy (non-hydrogen) atoms. The Labute approximate surface area is 110 Å². The molecule has 0 bridgehead atoms. The molecule has 1 N–H and O–H groups in total. The average Bonchev–Trinajstić information content (AvgIpc) is 2.24. The number of pyridine rings is 1. The van der Waals surface area contributed by atoms with E-state index in [2.05, 4.69) is 20.9 Å². The van der Waals surface area contributed by atoms with E-state index in [1.807, 2.05) is 0 Å². The molecule has 1 unspecified atom stereocenters. The number of thioether (sulfide) groups is 1. The monoisotopic (exact) mass is 320 g/mol. The van der Waals surface area contributed by atoms with Gasteiger partial charge in [0.15, 0.2) is 0 Å². The highest BCUT2D eigenvalue weighted by Gasteiger charge is 2.20. The van der Waals surface area contributed by atoms with Gasteiger partial charge in [-0.2, -0.15) is 0 Å². The zero-order chi connectivity index (χ0) is 13.2. The number of hydrogen-bond acceptors (Lipinski definition) is 5. The molecule has 1 aromatic rings. The van der Waals surface area contributed by atoms with Crippen LogP contribution in [0.2, 0.25) is 0 Å². The molecule has 0 radical (unpaired) electrons. The molecule has 0 aliphatic carbocycles. The van der Waals surface area contributed by atoms with Gasteiger partial charge in [-0.1, -0.05) is 11.8 Å². The Bertz CT molecular complexity index is 480. The fourth-order valence-corrected chi connectivity index (χ4v) is 2.42. The third-order valence-electron chi connectivity index (χ3n) is 2.04. The summed E-state index contributed by atoms with van der Waals surface area (Å²) in [6.45, 7) is 3.11. The van der Waals surface area contributed by atoms with E-state index < -0.39 is 16.1 Å². The SMILES string of the molecule is Cc1c([N+](=O)[O-])cnc(SC(C)C(=O)O)c1Br. The summed E-state index contributed by atoms with van der Waals surface area (Å²) in [5, 5.41) is 19.2. The minimum atomic E-state index is -0.959. The van der Waals surface area contributed by atoms with Crippen LogP contribution >= 0.6 is 27.7 Å². The van der Waals surface area contributed by atoms with E-state index >= 15 is 0 Å². The molecule has 1 rings (SSSR count). The molecular weight excluding hydrogens is 312 g/mol. The van der Waals surface area contributed by atoms with Gasteiger partial charge in [-0.05, 0) is 29.8 Å². The highest BCUT2D eigenvalue weighted by molar-refractivity contribution is 9.10. The highest BCUT2D eigenvalue weighted by atomic mass is 79.9. The summed E-state index contributed by atoms with van der Waals surface area (Å²) in [6, 6.07) is 0. The lowest BCUT2D eigenvalue weighted by Crippen LogP contribution is -2.11. The van der Waals surface area contributed by atoms with Crippen molar-refractivity contribution in [2.45, 2.75) is 24.1 Å². The third-order valence-corrected chi connectivity index (χ3v) is 4.36. The van der Waals surface area contributed by atoms with Crippen LogP contribution in [0.15, 0.2) is 15.7 Å². The first-order valence-electron chi connectivity index (χ1n) is 4.53. The predicted molar refractivity (Wildman–Crippen MR) is 66.3 cm³/mol. The minimum Gasteiger partial charge on any atom is -0.480 e. The molecular formula is C9H9BrN2O4S. The van der Waals surface area contributed by atoms with E-state index in [1.165, 1.54) is 6.92 Å². The van der Waals surface area contributed by atoms with Gasteiger partial charge in [0.25, 0.3) is 5.69 Å². The van der Waals surface area contributed by atoms with Crippen molar-refractivity contribution in [2.24, 2.45) is 0 Å². The fourth-order valence-electron chi connectivity index (χ4n) is 1.03. The lowest BCUT2D eigenvalue weighted by Gasteiger charge is -2.08. The van der Waals surface area contributed by atoms with Gasteiger partial charge < -0.3 is 5.11 Å². The molecule has 6 nitrogen and oxygen atoms in total. The molecule has 0 fully saturated rings. The van der Waals surface area contributed by atoms with Gasteiger partial charge in [-0.3, -0.25) is 14.9 Å². The zero-order valence-electron chi connectivity index (χ0n) is 9.01. The summed E-state index contributed by atoms with van der Waals surface area (Å²) >= 11 is 4.23. The molecule has 0 aromatic carbocycles. The number of carboxylic acid groups (broad SMARTS) is 1. The second kappa shape index (κ2) is 5.46. The summed E-state index contributed by atoms with van der Waals surface area (Å²) < 4.78 is 0.463. The maximum atomic E-state index is 10.7. The number of carboxylic acids is 1. The number of rotatable bonds is 4. The summed E-state index contributed by atoms with van der Waals surface area (Å²) in [7, 11) is 0. The van der Waals surface area contributed by atoms with Gasteiger partial charge in [0.05, 0.1) is 9.40 Å². The van der Waals surface area contributed by atoms with Gasteiger partial charge in [-0.15, -0.1) is 0 Å². The van der Waals surface area contributed by atoms with Crippen LogP contribution in [0.3, 0.4) is 0 Å². The Morgan fingerprint density at radius 3 is 2.76 bits per heavy atom. The van der Waals surface area contributed by atoms with Gasteiger partial charge >= 0.3 is 5.97 Å². The van der Waals surface area contributed by atoms with Crippen LogP contribution in [0.5, 0.6) is 0 Å². The van der Waals surface area contributed by atoms with Crippen LogP contribution in [0.4, 0.5) is 5.69 Å². The zero-order valence-corrected chi connectivity index (χ0v) is 11.4. The largest absolute Gasteiger partial charge is 0.480 e. The molecule has 0 spiro atoms. The summed E-state index contributed by atoms with van der Waals surface area (Å²) in [4.78, 5) is 24.7. The number of hydrogen-bond donors (Lipinski definition) is 1. The minimum absolute atomic E-state index is 0.0933. The number of carbonyl (C=O) groups is 1. The number of halogens is 1. The molecule has 92 valence electrons. The van der Waals surface area contributed by atoms with E-state index in [4.69, 9.17) is 5.11 Å². The van der Waals surface area contributed by atoms with Crippen molar-refractivity contribution in [3.8, 4) is 0 Å². The van der Waals surface area contributed by atoms with Crippen molar-refractivity contribution in [3.05, 3.63) is 26.3 Å². The molecule has 0 aliphatic rings. The van der Waals surface area contributed by atoms with Crippen molar-refractivity contribution < 1.29 is 14.8 Å². The van der Waals surface area contributed by atoms with E-state index in [0.717, 1.165) is 18.0 Å². The van der Waals surface area contributed by atoms with Crippen LogP contribution < -0.4 is 0 Å². The fraction of sp³-hybridized carbons (Fsp3) is 0.333. The van der Waals surface area contributed by atoms with Crippen molar-refractivity contribution in [1.29, 1.82) is 0 Å². The second-order valence-corrected chi connectivity index (χ2v) is 5.37. The third kappa shape index (κ3) is 3.16. The topological polar surface area (TPSA) is 93.3 Å². The first-order valence-corrected chi connectivity index (χ1v) is 6.20. The Hall–Kier alpha value is -1.15. The van der Waals surface area contributed by atoms with Gasteiger partial charge in [0.1, 0.15) is 16.5 Å².